The summed E-state index contributed by atoms with van der Waals surface area (Å²) in [4.78, 5) is 2.25. The second-order valence-electron chi connectivity index (χ2n) is 6.42. The summed E-state index contributed by atoms with van der Waals surface area (Å²) in [6.07, 6.45) is -5.18. The predicted octanol–water partition coefficient (Wildman–Crippen LogP) is 4.09. The van der Waals surface area contributed by atoms with Gasteiger partial charge in [-0.15, -0.1) is 12.4 Å². The lowest BCUT2D eigenvalue weighted by Crippen LogP contribution is -2.48. The van der Waals surface area contributed by atoms with Gasteiger partial charge in [0.05, 0.1) is 0 Å². The quantitative estimate of drug-likeness (QED) is 0.750. The normalized spacial score (nSPS) is 20.7. The zero-order valence-electron chi connectivity index (χ0n) is 13.8. The number of piperazine rings is 1. The van der Waals surface area contributed by atoms with Crippen LogP contribution in [-0.2, 0) is 0 Å². The molecule has 0 amide bonds. The van der Waals surface area contributed by atoms with Crippen molar-refractivity contribution >= 4 is 12.4 Å². The fraction of sp³-hybridized carbons (Fsp3) is 0.647. The summed E-state index contributed by atoms with van der Waals surface area (Å²) in [5.74, 6) is 0.214. The van der Waals surface area contributed by atoms with Gasteiger partial charge in [0.25, 0.3) is 0 Å². The number of alkyl halides is 4. The highest BCUT2D eigenvalue weighted by Crippen LogP contribution is 2.45. The van der Waals surface area contributed by atoms with Crippen LogP contribution in [0.3, 0.4) is 0 Å². The Kier molecular flexibility index (Phi) is 6.93. The molecule has 1 atom stereocenters. The molecule has 8 heteroatoms. The minimum Gasteiger partial charge on any atom is -0.428 e. The van der Waals surface area contributed by atoms with Crippen molar-refractivity contribution in [3.05, 3.63) is 29.8 Å². The van der Waals surface area contributed by atoms with Gasteiger partial charge >= 0.3 is 12.5 Å². The molecule has 1 aromatic rings. The van der Waals surface area contributed by atoms with E-state index in [0.717, 1.165) is 45.4 Å². The molecule has 25 heavy (non-hydrogen) atoms. The standard InChI is InChI=1S/C17H22F4N2O.ClH/c18-16(19)17(20,21)24-14-7-2-1-6-13(14)15(12-4-3-5-12)23-10-8-22-9-11-23;/h1-2,6-7,12,15-16,22H,3-5,8-11H2;1H/t15-;/m0./s1. The number of rotatable bonds is 6. The maximum absolute atomic E-state index is 13.4. The van der Waals surface area contributed by atoms with Crippen molar-refractivity contribution in [1.82, 2.24) is 10.2 Å². The third-order valence-electron chi connectivity index (χ3n) is 4.88. The Morgan fingerprint density at radius 1 is 1.12 bits per heavy atom. The van der Waals surface area contributed by atoms with Gasteiger partial charge in [-0.3, -0.25) is 4.90 Å². The molecule has 3 nitrogen and oxygen atoms in total. The van der Waals surface area contributed by atoms with Crippen LogP contribution >= 0.6 is 12.4 Å². The summed E-state index contributed by atoms with van der Waals surface area (Å²) in [6, 6.07) is 6.30. The number of benzene rings is 1. The summed E-state index contributed by atoms with van der Waals surface area (Å²) < 4.78 is 56.4. The topological polar surface area (TPSA) is 24.5 Å². The first-order valence-corrected chi connectivity index (χ1v) is 8.37. The van der Waals surface area contributed by atoms with Crippen molar-refractivity contribution in [1.29, 1.82) is 0 Å². The second-order valence-corrected chi connectivity index (χ2v) is 6.42. The van der Waals surface area contributed by atoms with Crippen LogP contribution in [0.15, 0.2) is 24.3 Å². The summed E-state index contributed by atoms with van der Waals surface area (Å²) >= 11 is 0. The molecule has 1 aliphatic heterocycles. The molecule has 1 heterocycles. The predicted molar refractivity (Wildman–Crippen MR) is 89.8 cm³/mol. The number of ether oxygens (including phenoxy) is 1. The first-order chi connectivity index (χ1) is 11.5. The van der Waals surface area contributed by atoms with Crippen molar-refractivity contribution in [2.24, 2.45) is 5.92 Å². The zero-order chi connectivity index (χ0) is 17.2. The van der Waals surface area contributed by atoms with Crippen LogP contribution in [-0.4, -0.2) is 43.6 Å². The largest absolute Gasteiger partial charge is 0.461 e. The summed E-state index contributed by atoms with van der Waals surface area (Å²) in [5, 5.41) is 3.27. The van der Waals surface area contributed by atoms with Gasteiger partial charge in [0, 0.05) is 37.8 Å². The second kappa shape index (κ2) is 8.56. The number of nitrogens with one attached hydrogen (secondary N) is 1. The van der Waals surface area contributed by atoms with Gasteiger partial charge in [0.15, 0.2) is 0 Å². The number of nitrogens with zero attached hydrogens (tertiary/aromatic N) is 1. The van der Waals surface area contributed by atoms with E-state index in [1.807, 2.05) is 0 Å². The van der Waals surface area contributed by atoms with Crippen molar-refractivity contribution in [2.75, 3.05) is 26.2 Å². The maximum Gasteiger partial charge on any atom is 0.461 e. The molecule has 0 bridgehead atoms. The van der Waals surface area contributed by atoms with Gasteiger partial charge in [0.2, 0.25) is 0 Å². The van der Waals surface area contributed by atoms with E-state index in [1.54, 1.807) is 12.1 Å². The van der Waals surface area contributed by atoms with E-state index in [-0.39, 0.29) is 24.2 Å². The molecule has 2 aliphatic rings. The summed E-state index contributed by atoms with van der Waals surface area (Å²) in [7, 11) is 0. The summed E-state index contributed by atoms with van der Waals surface area (Å²) in [5.41, 5.74) is 0.587. The Bertz CT molecular complexity index is 551. The Morgan fingerprint density at radius 3 is 2.32 bits per heavy atom. The average Bonchev–Trinajstić information content (AvgIpc) is 2.52. The fourth-order valence-electron chi connectivity index (χ4n) is 3.47. The molecule has 1 aliphatic carbocycles. The highest BCUT2D eigenvalue weighted by atomic mass is 35.5. The lowest BCUT2D eigenvalue weighted by molar-refractivity contribution is -0.253. The molecule has 1 N–H and O–H groups in total. The van der Waals surface area contributed by atoms with Crippen molar-refractivity contribution < 1.29 is 22.3 Å². The van der Waals surface area contributed by atoms with Crippen LogP contribution in [0.4, 0.5) is 17.6 Å². The van der Waals surface area contributed by atoms with Gasteiger partial charge in [-0.25, -0.2) is 0 Å². The minimum absolute atomic E-state index is 0. The Balaban J connectivity index is 0.00000225. The summed E-state index contributed by atoms with van der Waals surface area (Å²) in [6.45, 7) is 3.28. The molecule has 3 rings (SSSR count). The third kappa shape index (κ3) is 4.57. The van der Waals surface area contributed by atoms with Crippen molar-refractivity contribution in [3.8, 4) is 5.75 Å². The first-order valence-electron chi connectivity index (χ1n) is 8.37. The molecule has 2 fully saturated rings. The van der Waals surface area contributed by atoms with Crippen LogP contribution < -0.4 is 10.1 Å². The highest BCUT2D eigenvalue weighted by Gasteiger charge is 2.45. The van der Waals surface area contributed by atoms with E-state index in [4.69, 9.17) is 0 Å². The number of halogens is 5. The molecular formula is C17H23ClF4N2O. The van der Waals surface area contributed by atoms with Gasteiger partial charge in [0.1, 0.15) is 5.75 Å². The van der Waals surface area contributed by atoms with Crippen molar-refractivity contribution in [2.45, 2.75) is 37.8 Å². The van der Waals surface area contributed by atoms with Crippen LogP contribution in [0.5, 0.6) is 5.75 Å². The molecule has 142 valence electrons. The van der Waals surface area contributed by atoms with Crippen LogP contribution in [0.25, 0.3) is 0 Å². The Morgan fingerprint density at radius 2 is 1.76 bits per heavy atom. The monoisotopic (exact) mass is 382 g/mol. The van der Waals surface area contributed by atoms with Crippen LogP contribution in [0, 0.1) is 5.92 Å². The molecule has 1 aromatic carbocycles. The minimum atomic E-state index is -4.48. The zero-order valence-corrected chi connectivity index (χ0v) is 14.6. The number of hydrogen-bond donors (Lipinski definition) is 1. The molecule has 0 spiro atoms. The fourth-order valence-corrected chi connectivity index (χ4v) is 3.47. The first kappa shape index (κ1) is 20.3. The Hall–Kier alpha value is -1.05. The third-order valence-corrected chi connectivity index (χ3v) is 4.88. The van der Waals surface area contributed by atoms with Crippen LogP contribution in [0.2, 0.25) is 0 Å². The smallest absolute Gasteiger partial charge is 0.428 e. The van der Waals surface area contributed by atoms with Gasteiger partial charge in [-0.2, -0.15) is 17.6 Å². The average molecular weight is 383 g/mol. The van der Waals surface area contributed by atoms with E-state index in [2.05, 4.69) is 15.0 Å². The maximum atomic E-state index is 13.4. The van der Waals surface area contributed by atoms with Gasteiger partial charge in [-0.1, -0.05) is 24.6 Å². The van der Waals surface area contributed by atoms with Gasteiger partial charge in [-0.05, 0) is 24.8 Å². The molecular weight excluding hydrogens is 360 g/mol. The van der Waals surface area contributed by atoms with E-state index in [1.165, 1.54) is 12.1 Å². The van der Waals surface area contributed by atoms with Crippen LogP contribution in [0.1, 0.15) is 30.9 Å². The lowest BCUT2D eigenvalue weighted by Gasteiger charge is -2.43. The molecule has 1 saturated heterocycles. The van der Waals surface area contributed by atoms with E-state index in [0.29, 0.717) is 11.5 Å². The van der Waals surface area contributed by atoms with E-state index < -0.39 is 12.5 Å². The SMILES string of the molecule is Cl.FC(F)C(F)(F)Oc1ccccc1[C@H](C1CCC1)N1CCNCC1. The van der Waals surface area contributed by atoms with Crippen molar-refractivity contribution in [3.63, 3.8) is 0 Å². The van der Waals surface area contributed by atoms with E-state index in [9.17, 15) is 17.6 Å². The number of hydrogen-bond acceptors (Lipinski definition) is 3. The molecule has 1 saturated carbocycles. The van der Waals surface area contributed by atoms with Gasteiger partial charge < -0.3 is 10.1 Å². The Labute approximate surface area is 151 Å². The molecule has 0 aromatic heterocycles. The molecule has 0 unspecified atom stereocenters. The highest BCUT2D eigenvalue weighted by molar-refractivity contribution is 5.85. The molecule has 0 radical (unpaired) electrons. The van der Waals surface area contributed by atoms with E-state index >= 15 is 0 Å². The lowest BCUT2D eigenvalue weighted by atomic mass is 9.76. The number of para-hydroxylation sites is 1.